The van der Waals surface area contributed by atoms with Crippen molar-refractivity contribution in [2.24, 2.45) is 4.99 Å². The summed E-state index contributed by atoms with van der Waals surface area (Å²) in [6.45, 7) is 4.10. The van der Waals surface area contributed by atoms with Gasteiger partial charge in [-0.15, -0.1) is 0 Å². The maximum atomic E-state index is 5.66. The molecule has 0 fully saturated rings. The predicted octanol–water partition coefficient (Wildman–Crippen LogP) is 3.58. The summed E-state index contributed by atoms with van der Waals surface area (Å²) in [7, 11) is 3.45. The normalized spacial score (nSPS) is 11.3. The molecule has 0 radical (unpaired) electrons. The molecular weight excluding hydrogens is 390 g/mol. The maximum absolute atomic E-state index is 5.66. The van der Waals surface area contributed by atoms with E-state index in [9.17, 15) is 0 Å². The molecule has 2 aromatic carbocycles. The second-order valence-electron chi connectivity index (χ2n) is 6.99. The van der Waals surface area contributed by atoms with Crippen molar-refractivity contribution in [2.75, 3.05) is 27.3 Å². The highest BCUT2D eigenvalue weighted by molar-refractivity contribution is 5.79. The summed E-state index contributed by atoms with van der Waals surface area (Å²) in [6.07, 6.45) is 5.64. The summed E-state index contributed by atoms with van der Waals surface area (Å²) >= 11 is 0. The van der Waals surface area contributed by atoms with Gasteiger partial charge in [0.25, 0.3) is 0 Å². The Labute approximate surface area is 184 Å². The lowest BCUT2D eigenvalue weighted by Gasteiger charge is -2.13. The van der Waals surface area contributed by atoms with E-state index in [1.807, 2.05) is 42.1 Å². The van der Waals surface area contributed by atoms with Gasteiger partial charge in [-0.25, -0.2) is 4.68 Å². The number of aliphatic imine (C=N–C) groups is 1. The molecule has 3 rings (SSSR count). The zero-order chi connectivity index (χ0) is 21.9. The fourth-order valence-corrected chi connectivity index (χ4v) is 3.28. The molecule has 1 aromatic heterocycles. The lowest BCUT2D eigenvalue weighted by Crippen LogP contribution is -2.37. The first-order valence-corrected chi connectivity index (χ1v) is 10.6. The molecule has 0 aliphatic heterocycles. The van der Waals surface area contributed by atoms with Gasteiger partial charge in [0.05, 0.1) is 19.4 Å². The number of methoxy groups -OCH3 is 1. The van der Waals surface area contributed by atoms with Crippen molar-refractivity contribution in [1.29, 1.82) is 0 Å². The molecule has 0 aliphatic carbocycles. The van der Waals surface area contributed by atoms with Gasteiger partial charge in [0.1, 0.15) is 0 Å². The summed E-state index contributed by atoms with van der Waals surface area (Å²) in [5.74, 6) is 2.35. The zero-order valence-corrected chi connectivity index (χ0v) is 18.5. The quantitative estimate of drug-likeness (QED) is 0.297. The molecule has 3 aromatic rings. The number of nitrogens with zero attached hydrogens (tertiary/aromatic N) is 3. The van der Waals surface area contributed by atoms with Crippen LogP contribution in [0.4, 0.5) is 0 Å². The van der Waals surface area contributed by atoms with Crippen LogP contribution in [0.15, 0.2) is 65.9 Å². The number of nitrogens with one attached hydrogen (secondary N) is 2. The Bertz CT molecular complexity index is 970. The van der Waals surface area contributed by atoms with E-state index in [0.717, 1.165) is 48.1 Å². The number of hydrogen-bond acceptors (Lipinski definition) is 4. The summed E-state index contributed by atoms with van der Waals surface area (Å²) in [5, 5.41) is 11.0. The van der Waals surface area contributed by atoms with E-state index < -0.39 is 0 Å². The molecule has 0 aliphatic rings. The van der Waals surface area contributed by atoms with Crippen molar-refractivity contribution in [1.82, 2.24) is 20.4 Å². The van der Waals surface area contributed by atoms with Crippen LogP contribution in [-0.2, 0) is 13.0 Å². The van der Waals surface area contributed by atoms with E-state index in [4.69, 9.17) is 9.47 Å². The van der Waals surface area contributed by atoms with Crippen LogP contribution in [0.25, 0.3) is 5.69 Å². The van der Waals surface area contributed by atoms with Crippen LogP contribution in [0, 0.1) is 0 Å². The van der Waals surface area contributed by atoms with Gasteiger partial charge in [0, 0.05) is 32.5 Å². The fourth-order valence-electron chi connectivity index (χ4n) is 3.28. The van der Waals surface area contributed by atoms with Crippen LogP contribution in [0.1, 0.15) is 24.5 Å². The van der Waals surface area contributed by atoms with E-state index >= 15 is 0 Å². The molecular formula is C24H31N5O2. The number of ether oxygens (including phenoxy) is 2. The summed E-state index contributed by atoms with van der Waals surface area (Å²) < 4.78 is 12.9. The van der Waals surface area contributed by atoms with Crippen molar-refractivity contribution < 1.29 is 9.47 Å². The highest BCUT2D eigenvalue weighted by Gasteiger charge is 2.06. The molecule has 0 atom stereocenters. The largest absolute Gasteiger partial charge is 0.493 e. The Morgan fingerprint density at radius 3 is 2.71 bits per heavy atom. The second-order valence-corrected chi connectivity index (χ2v) is 6.99. The van der Waals surface area contributed by atoms with Gasteiger partial charge >= 0.3 is 0 Å². The van der Waals surface area contributed by atoms with Crippen LogP contribution in [0.5, 0.6) is 11.5 Å². The molecule has 0 saturated heterocycles. The van der Waals surface area contributed by atoms with Gasteiger partial charge in [-0.05, 0) is 61.2 Å². The topological polar surface area (TPSA) is 72.7 Å². The zero-order valence-electron chi connectivity index (χ0n) is 18.5. The van der Waals surface area contributed by atoms with Crippen molar-refractivity contribution in [3.8, 4) is 17.2 Å². The molecule has 0 amide bonds. The Morgan fingerprint density at radius 2 is 1.97 bits per heavy atom. The van der Waals surface area contributed by atoms with Crippen molar-refractivity contribution in [3.05, 3.63) is 72.1 Å². The number of guanidine groups is 1. The first kappa shape index (κ1) is 22.2. The van der Waals surface area contributed by atoms with Crippen molar-refractivity contribution >= 4 is 5.96 Å². The SMILES string of the molecule is CCOc1cc(CCCNC(=NC)NCc2cccc(-n3cccn3)c2)ccc1OC. The molecule has 31 heavy (non-hydrogen) atoms. The predicted molar refractivity (Wildman–Crippen MR) is 124 cm³/mol. The van der Waals surface area contributed by atoms with Gasteiger partial charge in [-0.3, -0.25) is 4.99 Å². The smallest absolute Gasteiger partial charge is 0.191 e. The van der Waals surface area contributed by atoms with Crippen molar-refractivity contribution in [3.63, 3.8) is 0 Å². The van der Waals surface area contributed by atoms with Crippen LogP contribution in [-0.4, -0.2) is 43.0 Å². The third-order valence-electron chi connectivity index (χ3n) is 4.83. The standard InChI is InChI=1S/C24H31N5O2/c1-4-31-23-17-19(11-12-22(23)30-3)9-6-13-26-24(25-2)27-18-20-8-5-10-21(16-20)29-15-7-14-28-29/h5,7-8,10-12,14-17H,4,6,9,13,18H2,1-3H3,(H2,25,26,27). The van der Waals surface area contributed by atoms with E-state index in [0.29, 0.717) is 13.2 Å². The third kappa shape index (κ3) is 6.50. The number of rotatable bonds is 10. The van der Waals surface area contributed by atoms with Crippen molar-refractivity contribution in [2.45, 2.75) is 26.3 Å². The Balaban J connectivity index is 1.45. The van der Waals surface area contributed by atoms with Gasteiger partial charge in [0.15, 0.2) is 17.5 Å². The monoisotopic (exact) mass is 421 g/mol. The average Bonchev–Trinajstić information content (AvgIpc) is 3.34. The highest BCUT2D eigenvalue weighted by atomic mass is 16.5. The minimum absolute atomic E-state index is 0.619. The van der Waals surface area contributed by atoms with Crippen LogP contribution < -0.4 is 20.1 Å². The highest BCUT2D eigenvalue weighted by Crippen LogP contribution is 2.28. The Hall–Kier alpha value is -3.48. The molecule has 7 heteroatoms. The number of benzene rings is 2. The molecule has 7 nitrogen and oxygen atoms in total. The average molecular weight is 422 g/mol. The van der Waals surface area contributed by atoms with Gasteiger partial charge in [-0.2, -0.15) is 5.10 Å². The summed E-state index contributed by atoms with van der Waals surface area (Å²) in [6, 6.07) is 16.3. The van der Waals surface area contributed by atoms with Gasteiger partial charge in [0.2, 0.25) is 0 Å². The first-order valence-electron chi connectivity index (χ1n) is 10.6. The minimum atomic E-state index is 0.619. The van der Waals surface area contributed by atoms with Crippen LogP contribution >= 0.6 is 0 Å². The Kier molecular flexibility index (Phi) is 8.34. The lowest BCUT2D eigenvalue weighted by molar-refractivity contribution is 0.310. The summed E-state index contributed by atoms with van der Waals surface area (Å²) in [4.78, 5) is 4.32. The number of aryl methyl sites for hydroxylation is 1. The number of aromatic nitrogens is 2. The molecule has 164 valence electrons. The molecule has 0 unspecified atom stereocenters. The maximum Gasteiger partial charge on any atom is 0.191 e. The van der Waals surface area contributed by atoms with E-state index in [2.05, 4.69) is 45.0 Å². The molecule has 0 bridgehead atoms. The fraction of sp³-hybridized carbons (Fsp3) is 0.333. The molecule has 0 saturated carbocycles. The first-order chi connectivity index (χ1) is 15.2. The van der Waals surface area contributed by atoms with E-state index in [-0.39, 0.29) is 0 Å². The van der Waals surface area contributed by atoms with E-state index in [1.165, 1.54) is 5.56 Å². The van der Waals surface area contributed by atoms with Crippen LogP contribution in [0.3, 0.4) is 0 Å². The van der Waals surface area contributed by atoms with Gasteiger partial charge in [-0.1, -0.05) is 18.2 Å². The van der Waals surface area contributed by atoms with E-state index in [1.54, 1.807) is 20.4 Å². The summed E-state index contributed by atoms with van der Waals surface area (Å²) in [5.41, 5.74) is 3.43. The third-order valence-corrected chi connectivity index (χ3v) is 4.83. The Morgan fingerprint density at radius 1 is 1.06 bits per heavy atom. The number of hydrogen-bond donors (Lipinski definition) is 2. The van der Waals surface area contributed by atoms with Gasteiger partial charge < -0.3 is 20.1 Å². The van der Waals surface area contributed by atoms with Crippen LogP contribution in [0.2, 0.25) is 0 Å². The minimum Gasteiger partial charge on any atom is -0.493 e. The second kappa shape index (κ2) is 11.6. The molecule has 2 N–H and O–H groups in total. The molecule has 1 heterocycles. The molecule has 0 spiro atoms. The lowest BCUT2D eigenvalue weighted by atomic mass is 10.1.